The van der Waals surface area contributed by atoms with Crippen LogP contribution in [0.1, 0.15) is 21.5 Å². The second-order valence-electron chi connectivity index (χ2n) is 4.33. The molecule has 0 atom stereocenters. The Bertz CT molecular complexity index is 672. The van der Waals surface area contributed by atoms with E-state index < -0.39 is 10.0 Å². The number of benzene rings is 1. The van der Waals surface area contributed by atoms with Crippen molar-refractivity contribution in [3.8, 4) is 11.8 Å². The minimum atomic E-state index is -3.34. The van der Waals surface area contributed by atoms with Gasteiger partial charge in [-0.25, -0.2) is 13.1 Å². The van der Waals surface area contributed by atoms with E-state index >= 15 is 0 Å². The van der Waals surface area contributed by atoms with Crippen LogP contribution in [0.25, 0.3) is 0 Å². The maximum Gasteiger partial charge on any atom is 0.251 e. The van der Waals surface area contributed by atoms with Crippen molar-refractivity contribution in [2.24, 2.45) is 0 Å². The lowest BCUT2D eigenvalue weighted by Crippen LogP contribution is -2.33. The molecule has 0 heterocycles. The minimum Gasteiger partial charge on any atom is -0.384 e. The van der Waals surface area contributed by atoms with E-state index in [9.17, 15) is 13.2 Å². The summed E-state index contributed by atoms with van der Waals surface area (Å²) in [5.41, 5.74) is 1.88. The molecule has 1 aromatic carbocycles. The number of hydrogen-bond acceptors (Lipinski definition) is 4. The molecule has 21 heavy (non-hydrogen) atoms. The standard InChI is InChI=1S/C14H18N2O4S/c1-11-8-12(4-3-6-17)10-13(9-11)14(18)16-5-7-21(19,20)15-2/h8-10,15,17H,5-7H2,1-2H3,(H,16,18). The Hall–Kier alpha value is -1.88. The van der Waals surface area contributed by atoms with Gasteiger partial charge in [0.1, 0.15) is 6.61 Å². The first kappa shape index (κ1) is 17.2. The van der Waals surface area contributed by atoms with Crippen LogP contribution in [0.5, 0.6) is 0 Å². The van der Waals surface area contributed by atoms with E-state index in [-0.39, 0.29) is 24.8 Å². The molecule has 0 saturated carbocycles. The predicted molar refractivity (Wildman–Crippen MR) is 80.3 cm³/mol. The van der Waals surface area contributed by atoms with E-state index in [1.54, 1.807) is 18.2 Å². The van der Waals surface area contributed by atoms with E-state index in [0.717, 1.165) is 5.56 Å². The van der Waals surface area contributed by atoms with Gasteiger partial charge in [0, 0.05) is 17.7 Å². The van der Waals surface area contributed by atoms with Gasteiger partial charge >= 0.3 is 0 Å². The summed E-state index contributed by atoms with van der Waals surface area (Å²) in [6.07, 6.45) is 0. The zero-order valence-electron chi connectivity index (χ0n) is 11.9. The maximum absolute atomic E-state index is 12.0. The lowest BCUT2D eigenvalue weighted by Gasteiger charge is -2.07. The van der Waals surface area contributed by atoms with Crippen LogP contribution in [0.3, 0.4) is 0 Å². The van der Waals surface area contributed by atoms with Crippen LogP contribution < -0.4 is 10.0 Å². The molecule has 3 N–H and O–H groups in total. The molecule has 0 aliphatic heterocycles. The van der Waals surface area contributed by atoms with Crippen LogP contribution in [0.15, 0.2) is 18.2 Å². The van der Waals surface area contributed by atoms with Gasteiger partial charge in [0.05, 0.1) is 5.75 Å². The van der Waals surface area contributed by atoms with E-state index in [1.165, 1.54) is 7.05 Å². The van der Waals surface area contributed by atoms with Gasteiger partial charge in [0.2, 0.25) is 10.0 Å². The summed E-state index contributed by atoms with van der Waals surface area (Å²) in [6.45, 7) is 1.59. The Morgan fingerprint density at radius 2 is 2.05 bits per heavy atom. The highest BCUT2D eigenvalue weighted by atomic mass is 32.2. The molecule has 0 aliphatic carbocycles. The lowest BCUT2D eigenvalue weighted by atomic mass is 10.1. The molecule has 0 saturated heterocycles. The molecule has 0 fully saturated rings. The zero-order chi connectivity index (χ0) is 15.9. The van der Waals surface area contributed by atoms with Crippen molar-refractivity contribution < 1.29 is 18.3 Å². The van der Waals surface area contributed by atoms with Crippen molar-refractivity contribution in [3.05, 3.63) is 34.9 Å². The molecule has 1 aromatic rings. The fourth-order valence-corrected chi connectivity index (χ4v) is 2.21. The number of rotatable bonds is 5. The number of aliphatic hydroxyl groups excluding tert-OH is 1. The number of sulfonamides is 1. The van der Waals surface area contributed by atoms with Gasteiger partial charge in [-0.15, -0.1) is 0 Å². The number of hydrogen-bond donors (Lipinski definition) is 3. The Kier molecular flexibility index (Phi) is 6.37. The van der Waals surface area contributed by atoms with Gasteiger partial charge in [-0.2, -0.15) is 0 Å². The molecule has 0 bridgehead atoms. The second-order valence-corrected chi connectivity index (χ2v) is 6.37. The Balaban J connectivity index is 2.76. The van der Waals surface area contributed by atoms with Crippen LogP contribution in [0, 0.1) is 18.8 Å². The SMILES string of the molecule is CNS(=O)(=O)CCNC(=O)c1cc(C)cc(C#CCO)c1. The number of aliphatic hydroxyl groups is 1. The number of carbonyl (C=O) groups is 1. The van der Waals surface area contributed by atoms with Gasteiger partial charge in [-0.1, -0.05) is 11.8 Å². The van der Waals surface area contributed by atoms with Gasteiger partial charge in [0.25, 0.3) is 5.91 Å². The average molecular weight is 310 g/mol. The first-order valence-corrected chi connectivity index (χ1v) is 7.94. The monoisotopic (exact) mass is 310 g/mol. The fraction of sp³-hybridized carbons (Fsp3) is 0.357. The van der Waals surface area contributed by atoms with Crippen LogP contribution >= 0.6 is 0 Å². The average Bonchev–Trinajstić information content (AvgIpc) is 2.44. The summed E-state index contributed by atoms with van der Waals surface area (Å²) >= 11 is 0. The van der Waals surface area contributed by atoms with Gasteiger partial charge in [-0.05, 0) is 37.7 Å². The van der Waals surface area contributed by atoms with Crippen molar-refractivity contribution in [1.29, 1.82) is 0 Å². The third-order valence-electron chi connectivity index (χ3n) is 2.62. The molecule has 7 heteroatoms. The van der Waals surface area contributed by atoms with Crippen LogP contribution in [-0.4, -0.2) is 45.4 Å². The highest BCUT2D eigenvalue weighted by Crippen LogP contribution is 2.09. The molecule has 0 aliphatic rings. The summed E-state index contributed by atoms with van der Waals surface area (Å²) in [4.78, 5) is 12.0. The highest BCUT2D eigenvalue weighted by Gasteiger charge is 2.10. The summed E-state index contributed by atoms with van der Waals surface area (Å²) in [5.74, 6) is 4.70. The topological polar surface area (TPSA) is 95.5 Å². The summed E-state index contributed by atoms with van der Waals surface area (Å²) in [7, 11) is -2.02. The predicted octanol–water partition coefficient (Wildman–Crippen LogP) is -0.382. The van der Waals surface area contributed by atoms with Crippen LogP contribution in [0.2, 0.25) is 0 Å². The minimum absolute atomic E-state index is 0.0214. The maximum atomic E-state index is 12.0. The number of carbonyl (C=O) groups excluding carboxylic acids is 1. The smallest absolute Gasteiger partial charge is 0.251 e. The highest BCUT2D eigenvalue weighted by molar-refractivity contribution is 7.89. The zero-order valence-corrected chi connectivity index (χ0v) is 12.8. The van der Waals surface area contributed by atoms with Gasteiger partial charge in [-0.3, -0.25) is 4.79 Å². The normalized spacial score (nSPS) is 10.6. The van der Waals surface area contributed by atoms with E-state index in [2.05, 4.69) is 21.9 Å². The third-order valence-corrected chi connectivity index (χ3v) is 3.98. The van der Waals surface area contributed by atoms with Crippen molar-refractivity contribution in [3.63, 3.8) is 0 Å². The fourth-order valence-electron chi connectivity index (χ4n) is 1.63. The number of aryl methyl sites for hydroxylation is 1. The Labute approximate surface area is 124 Å². The van der Waals surface area contributed by atoms with Crippen molar-refractivity contribution >= 4 is 15.9 Å². The summed E-state index contributed by atoms with van der Waals surface area (Å²) in [6, 6.07) is 5.08. The van der Waals surface area contributed by atoms with E-state index in [1.807, 2.05) is 6.92 Å². The molecule has 0 aromatic heterocycles. The van der Waals surface area contributed by atoms with Crippen molar-refractivity contribution in [1.82, 2.24) is 10.0 Å². The molecule has 0 radical (unpaired) electrons. The van der Waals surface area contributed by atoms with Crippen LogP contribution in [0.4, 0.5) is 0 Å². The van der Waals surface area contributed by atoms with Crippen molar-refractivity contribution in [2.45, 2.75) is 6.92 Å². The van der Waals surface area contributed by atoms with Gasteiger partial charge in [0.15, 0.2) is 0 Å². The van der Waals surface area contributed by atoms with Crippen molar-refractivity contribution in [2.75, 3.05) is 26.0 Å². The quantitative estimate of drug-likeness (QED) is 0.646. The molecule has 114 valence electrons. The van der Waals surface area contributed by atoms with E-state index in [0.29, 0.717) is 11.1 Å². The number of nitrogens with one attached hydrogen (secondary N) is 2. The second kappa shape index (κ2) is 7.78. The lowest BCUT2D eigenvalue weighted by molar-refractivity contribution is 0.0956. The summed E-state index contributed by atoms with van der Waals surface area (Å²) < 4.78 is 24.7. The Morgan fingerprint density at radius 1 is 1.33 bits per heavy atom. The largest absolute Gasteiger partial charge is 0.384 e. The first-order chi connectivity index (χ1) is 9.88. The molecule has 1 amide bonds. The Morgan fingerprint density at radius 3 is 2.67 bits per heavy atom. The number of amides is 1. The van der Waals surface area contributed by atoms with E-state index in [4.69, 9.17) is 5.11 Å². The molecular weight excluding hydrogens is 292 g/mol. The molecule has 0 spiro atoms. The first-order valence-electron chi connectivity index (χ1n) is 6.29. The van der Waals surface area contributed by atoms with Crippen LogP contribution in [-0.2, 0) is 10.0 Å². The molecule has 6 nitrogen and oxygen atoms in total. The van der Waals surface area contributed by atoms with Gasteiger partial charge < -0.3 is 10.4 Å². The molecule has 0 unspecified atom stereocenters. The third kappa shape index (κ3) is 5.95. The molecular formula is C14H18N2O4S. The summed E-state index contributed by atoms with van der Waals surface area (Å²) in [5, 5.41) is 11.2. The molecule has 1 rings (SSSR count).